The molecule has 3 nitrogen and oxygen atoms in total. The Bertz CT molecular complexity index is 192. The molecule has 0 aromatic rings. The Morgan fingerprint density at radius 1 is 1.27 bits per heavy atom. The van der Waals surface area contributed by atoms with Crippen LogP contribution in [0.3, 0.4) is 0 Å². The fourth-order valence-corrected chi connectivity index (χ4v) is 2.87. The van der Waals surface area contributed by atoms with E-state index in [0.717, 1.165) is 38.3 Å². The van der Waals surface area contributed by atoms with E-state index < -0.39 is 0 Å². The van der Waals surface area contributed by atoms with E-state index in [1.165, 1.54) is 25.9 Å². The second kappa shape index (κ2) is 5.28. The molecule has 2 fully saturated rings. The summed E-state index contributed by atoms with van der Waals surface area (Å²) in [7, 11) is 2.24. The van der Waals surface area contributed by atoms with E-state index in [1.807, 2.05) is 0 Å². The maximum atomic E-state index is 5.39. The molecule has 0 saturated carbocycles. The Labute approximate surface area is 93.4 Å². The summed E-state index contributed by atoms with van der Waals surface area (Å²) in [6, 6.07) is 0.741. The summed E-state index contributed by atoms with van der Waals surface area (Å²) in [5.74, 6) is 0.924. The summed E-state index contributed by atoms with van der Waals surface area (Å²) in [5, 5.41) is 0. The van der Waals surface area contributed by atoms with E-state index in [4.69, 9.17) is 4.74 Å². The van der Waals surface area contributed by atoms with Gasteiger partial charge in [0.15, 0.2) is 0 Å². The standard InChI is InChI=1S/C12H24N2O/c1-11(14-5-7-15-8-6-14)9-12-3-4-13(2)10-12/h11-12H,3-10H2,1-2H3. The van der Waals surface area contributed by atoms with Gasteiger partial charge in [-0.2, -0.15) is 0 Å². The van der Waals surface area contributed by atoms with Crippen LogP contribution in [0.1, 0.15) is 19.8 Å². The molecule has 0 aliphatic carbocycles. The molecule has 2 atom stereocenters. The largest absolute Gasteiger partial charge is 0.379 e. The topological polar surface area (TPSA) is 15.7 Å². The van der Waals surface area contributed by atoms with Crippen LogP contribution in [-0.4, -0.2) is 62.3 Å². The van der Waals surface area contributed by atoms with Gasteiger partial charge in [0.2, 0.25) is 0 Å². The van der Waals surface area contributed by atoms with Crippen LogP contribution in [0.4, 0.5) is 0 Å². The number of hydrogen-bond donors (Lipinski definition) is 0. The maximum absolute atomic E-state index is 5.39. The van der Waals surface area contributed by atoms with Gasteiger partial charge < -0.3 is 9.64 Å². The van der Waals surface area contributed by atoms with Crippen molar-refractivity contribution in [1.82, 2.24) is 9.80 Å². The predicted molar refractivity (Wildman–Crippen MR) is 62.1 cm³/mol. The minimum Gasteiger partial charge on any atom is -0.379 e. The maximum Gasteiger partial charge on any atom is 0.0594 e. The number of ether oxygens (including phenoxy) is 1. The fraction of sp³-hybridized carbons (Fsp3) is 1.00. The van der Waals surface area contributed by atoms with E-state index in [2.05, 4.69) is 23.8 Å². The molecule has 0 bridgehead atoms. The van der Waals surface area contributed by atoms with E-state index in [-0.39, 0.29) is 0 Å². The molecule has 0 aromatic heterocycles. The van der Waals surface area contributed by atoms with Crippen molar-refractivity contribution in [3.05, 3.63) is 0 Å². The molecule has 2 saturated heterocycles. The SMILES string of the molecule is CC(CC1CCN(C)C1)N1CCOCC1. The van der Waals surface area contributed by atoms with Crippen molar-refractivity contribution < 1.29 is 4.74 Å². The van der Waals surface area contributed by atoms with Crippen molar-refractivity contribution in [2.45, 2.75) is 25.8 Å². The highest BCUT2D eigenvalue weighted by Gasteiger charge is 2.24. The third kappa shape index (κ3) is 3.16. The number of hydrogen-bond acceptors (Lipinski definition) is 3. The predicted octanol–water partition coefficient (Wildman–Crippen LogP) is 1.05. The summed E-state index contributed by atoms with van der Waals surface area (Å²) in [5.41, 5.74) is 0. The van der Waals surface area contributed by atoms with Crippen LogP contribution in [0, 0.1) is 5.92 Å². The fourth-order valence-electron chi connectivity index (χ4n) is 2.87. The Kier molecular flexibility index (Phi) is 4.00. The molecular weight excluding hydrogens is 188 g/mol. The highest BCUT2D eigenvalue weighted by Crippen LogP contribution is 2.22. The van der Waals surface area contributed by atoms with Gasteiger partial charge in [-0.1, -0.05) is 0 Å². The van der Waals surface area contributed by atoms with Crippen LogP contribution in [0.15, 0.2) is 0 Å². The first kappa shape index (κ1) is 11.4. The molecule has 15 heavy (non-hydrogen) atoms. The molecule has 88 valence electrons. The summed E-state index contributed by atoms with van der Waals surface area (Å²) in [4.78, 5) is 5.04. The lowest BCUT2D eigenvalue weighted by molar-refractivity contribution is 0.0157. The highest BCUT2D eigenvalue weighted by molar-refractivity contribution is 4.79. The lowest BCUT2D eigenvalue weighted by Gasteiger charge is -2.33. The number of nitrogens with zero attached hydrogens (tertiary/aromatic N) is 2. The number of morpholine rings is 1. The molecule has 2 heterocycles. The van der Waals surface area contributed by atoms with Gasteiger partial charge in [-0.05, 0) is 39.3 Å². The van der Waals surface area contributed by atoms with Crippen LogP contribution in [0.2, 0.25) is 0 Å². The van der Waals surface area contributed by atoms with Gasteiger partial charge in [0.1, 0.15) is 0 Å². The Morgan fingerprint density at radius 2 is 2.00 bits per heavy atom. The lowest BCUT2D eigenvalue weighted by Crippen LogP contribution is -2.43. The molecule has 0 spiro atoms. The van der Waals surface area contributed by atoms with Crippen LogP contribution < -0.4 is 0 Å². The molecular formula is C12H24N2O. The lowest BCUT2D eigenvalue weighted by atomic mass is 9.99. The van der Waals surface area contributed by atoms with Crippen LogP contribution in [0.5, 0.6) is 0 Å². The third-order valence-electron chi connectivity index (χ3n) is 3.83. The molecule has 2 rings (SSSR count). The van der Waals surface area contributed by atoms with Gasteiger partial charge >= 0.3 is 0 Å². The molecule has 0 aromatic carbocycles. The first-order chi connectivity index (χ1) is 7.25. The van der Waals surface area contributed by atoms with Crippen LogP contribution in [0.25, 0.3) is 0 Å². The molecule has 3 heteroatoms. The molecule has 2 aliphatic rings. The smallest absolute Gasteiger partial charge is 0.0594 e. The number of rotatable bonds is 3. The Hall–Kier alpha value is -0.120. The molecule has 0 radical (unpaired) electrons. The quantitative estimate of drug-likeness (QED) is 0.695. The van der Waals surface area contributed by atoms with Crippen molar-refractivity contribution >= 4 is 0 Å². The van der Waals surface area contributed by atoms with Gasteiger partial charge in [0.25, 0.3) is 0 Å². The first-order valence-electron chi connectivity index (χ1n) is 6.26. The second-order valence-corrected chi connectivity index (χ2v) is 5.15. The molecule has 0 N–H and O–H groups in total. The first-order valence-corrected chi connectivity index (χ1v) is 6.26. The number of likely N-dealkylation sites (tertiary alicyclic amines) is 1. The van der Waals surface area contributed by atoms with Gasteiger partial charge in [-0.3, -0.25) is 4.90 Å². The summed E-state index contributed by atoms with van der Waals surface area (Å²) >= 11 is 0. The monoisotopic (exact) mass is 212 g/mol. The van der Waals surface area contributed by atoms with E-state index >= 15 is 0 Å². The minimum atomic E-state index is 0.741. The Morgan fingerprint density at radius 3 is 2.60 bits per heavy atom. The summed E-state index contributed by atoms with van der Waals surface area (Å²) in [6.07, 6.45) is 2.76. The van der Waals surface area contributed by atoms with Crippen molar-refractivity contribution in [3.8, 4) is 0 Å². The average molecular weight is 212 g/mol. The van der Waals surface area contributed by atoms with Gasteiger partial charge in [0.05, 0.1) is 13.2 Å². The van der Waals surface area contributed by atoms with Gasteiger partial charge in [-0.15, -0.1) is 0 Å². The molecule has 2 aliphatic heterocycles. The van der Waals surface area contributed by atoms with Crippen LogP contribution >= 0.6 is 0 Å². The highest BCUT2D eigenvalue weighted by atomic mass is 16.5. The average Bonchev–Trinajstić information content (AvgIpc) is 2.65. The van der Waals surface area contributed by atoms with Gasteiger partial charge in [-0.25, -0.2) is 0 Å². The zero-order valence-electron chi connectivity index (χ0n) is 10.1. The third-order valence-corrected chi connectivity index (χ3v) is 3.83. The normalized spacial score (nSPS) is 32.0. The minimum absolute atomic E-state index is 0.741. The van der Waals surface area contributed by atoms with Crippen molar-refractivity contribution in [3.63, 3.8) is 0 Å². The summed E-state index contributed by atoms with van der Waals surface area (Å²) in [6.45, 7) is 9.08. The van der Waals surface area contributed by atoms with Gasteiger partial charge in [0, 0.05) is 25.7 Å². The van der Waals surface area contributed by atoms with Crippen molar-refractivity contribution in [2.24, 2.45) is 5.92 Å². The van der Waals surface area contributed by atoms with Crippen molar-refractivity contribution in [2.75, 3.05) is 46.4 Å². The van der Waals surface area contributed by atoms with Crippen LogP contribution in [-0.2, 0) is 4.74 Å². The summed E-state index contributed by atoms with van der Waals surface area (Å²) < 4.78 is 5.39. The van der Waals surface area contributed by atoms with E-state index in [9.17, 15) is 0 Å². The second-order valence-electron chi connectivity index (χ2n) is 5.15. The Balaban J connectivity index is 1.73. The molecule has 2 unspecified atom stereocenters. The van der Waals surface area contributed by atoms with E-state index in [0.29, 0.717) is 0 Å². The zero-order valence-corrected chi connectivity index (χ0v) is 10.1. The van der Waals surface area contributed by atoms with Crippen molar-refractivity contribution in [1.29, 1.82) is 0 Å². The van der Waals surface area contributed by atoms with E-state index in [1.54, 1.807) is 0 Å². The zero-order chi connectivity index (χ0) is 10.7. The molecule has 0 amide bonds.